The van der Waals surface area contributed by atoms with Gasteiger partial charge in [0.25, 0.3) is 11.6 Å². The Morgan fingerprint density at radius 2 is 1.69 bits per heavy atom. The number of non-ortho nitro benzene ring substituents is 1. The number of amides is 1. The van der Waals surface area contributed by atoms with Gasteiger partial charge in [0, 0.05) is 17.8 Å². The summed E-state index contributed by atoms with van der Waals surface area (Å²) in [6.07, 6.45) is -2.33. The van der Waals surface area contributed by atoms with Gasteiger partial charge in [-0.2, -0.15) is 18.4 Å². The van der Waals surface area contributed by atoms with Gasteiger partial charge in [-0.25, -0.2) is 0 Å². The van der Waals surface area contributed by atoms with E-state index in [0.717, 1.165) is 29.9 Å². The molecule has 1 aliphatic carbocycles. The number of halogens is 3. The van der Waals surface area contributed by atoms with Crippen molar-refractivity contribution in [2.75, 3.05) is 9.80 Å². The molecule has 1 saturated carbocycles. The zero-order valence-electron chi connectivity index (χ0n) is 16.7. The fraction of sp³-hybridized carbons (Fsp3) is 0.273. The van der Waals surface area contributed by atoms with Gasteiger partial charge in [0.15, 0.2) is 0 Å². The Labute approximate surface area is 181 Å². The standard InChI is InChI=1S/C22H17F3N4O3/c1-14-27(18-5-4-15(13-26)19(12-18)22(23,24)25)20(30)21(10-2-3-11-21)28(14)16-6-8-17(9-7-16)29(31)32/h4-9,12H,1-3,10-11H2. The Hall–Kier alpha value is -3.87. The molecule has 2 aliphatic rings. The quantitative estimate of drug-likeness (QED) is 0.486. The molecule has 32 heavy (non-hydrogen) atoms. The second-order valence-electron chi connectivity index (χ2n) is 7.74. The number of carbonyl (C=O) groups is 1. The number of nitrogens with zero attached hydrogens (tertiary/aromatic N) is 4. The molecule has 2 aromatic rings. The molecule has 0 bridgehead atoms. The van der Waals surface area contributed by atoms with Crippen molar-refractivity contribution in [2.45, 2.75) is 37.4 Å². The lowest BCUT2D eigenvalue weighted by molar-refractivity contribution is -0.384. The molecule has 164 valence electrons. The first-order valence-electron chi connectivity index (χ1n) is 9.80. The van der Waals surface area contributed by atoms with E-state index in [1.165, 1.54) is 36.4 Å². The summed E-state index contributed by atoms with van der Waals surface area (Å²) in [6.45, 7) is 3.98. The van der Waals surface area contributed by atoms with Crippen LogP contribution >= 0.6 is 0 Å². The van der Waals surface area contributed by atoms with E-state index < -0.39 is 33.7 Å². The molecule has 0 aromatic heterocycles. The average molecular weight is 442 g/mol. The van der Waals surface area contributed by atoms with Crippen LogP contribution in [0.15, 0.2) is 54.9 Å². The first-order valence-corrected chi connectivity index (χ1v) is 9.80. The van der Waals surface area contributed by atoms with Crippen LogP contribution in [0.1, 0.15) is 36.8 Å². The highest BCUT2D eigenvalue weighted by molar-refractivity contribution is 6.10. The van der Waals surface area contributed by atoms with E-state index in [1.54, 1.807) is 4.90 Å². The fourth-order valence-electron chi connectivity index (χ4n) is 4.55. The molecule has 0 atom stereocenters. The average Bonchev–Trinajstić information content (AvgIpc) is 3.31. The number of benzene rings is 2. The number of anilines is 2. The Morgan fingerprint density at radius 1 is 1.09 bits per heavy atom. The maximum absolute atomic E-state index is 13.6. The number of nitriles is 1. The van der Waals surface area contributed by atoms with Crippen molar-refractivity contribution in [1.82, 2.24) is 0 Å². The third kappa shape index (κ3) is 3.17. The molecule has 2 fully saturated rings. The molecule has 1 saturated heterocycles. The molecular weight excluding hydrogens is 425 g/mol. The molecule has 0 unspecified atom stereocenters. The van der Waals surface area contributed by atoms with Gasteiger partial charge in [-0.1, -0.05) is 19.4 Å². The molecule has 1 heterocycles. The van der Waals surface area contributed by atoms with Crippen molar-refractivity contribution < 1.29 is 22.9 Å². The predicted molar refractivity (Wildman–Crippen MR) is 110 cm³/mol. The molecule has 1 amide bonds. The highest BCUT2D eigenvalue weighted by Gasteiger charge is 2.56. The minimum absolute atomic E-state index is 0.0398. The number of hydrogen-bond acceptors (Lipinski definition) is 5. The monoisotopic (exact) mass is 442 g/mol. The van der Waals surface area contributed by atoms with Gasteiger partial charge in [0.2, 0.25) is 0 Å². The van der Waals surface area contributed by atoms with E-state index in [4.69, 9.17) is 5.26 Å². The lowest BCUT2D eigenvalue weighted by atomic mass is 9.94. The third-order valence-corrected chi connectivity index (χ3v) is 5.98. The number of nitro benzene ring substituents is 1. The number of nitro groups is 1. The molecular formula is C22H17F3N4O3. The largest absolute Gasteiger partial charge is 0.417 e. The summed E-state index contributed by atoms with van der Waals surface area (Å²) in [5.74, 6) is -0.250. The van der Waals surface area contributed by atoms with Crippen LogP contribution in [0.4, 0.5) is 30.2 Å². The zero-order valence-corrected chi connectivity index (χ0v) is 16.7. The number of carbonyl (C=O) groups excluding carboxylic acids is 1. The van der Waals surface area contributed by atoms with Crippen molar-refractivity contribution in [2.24, 2.45) is 0 Å². The summed E-state index contributed by atoms with van der Waals surface area (Å²) in [7, 11) is 0. The number of hydrogen-bond donors (Lipinski definition) is 0. The van der Waals surface area contributed by atoms with Gasteiger partial charge in [-0.15, -0.1) is 0 Å². The smallest absolute Gasteiger partial charge is 0.313 e. The Balaban J connectivity index is 1.82. The molecule has 1 aliphatic heterocycles. The maximum atomic E-state index is 13.6. The zero-order chi connectivity index (χ0) is 23.3. The van der Waals surface area contributed by atoms with E-state index in [2.05, 4.69) is 6.58 Å². The molecule has 7 nitrogen and oxygen atoms in total. The summed E-state index contributed by atoms with van der Waals surface area (Å²) >= 11 is 0. The minimum atomic E-state index is -4.77. The third-order valence-electron chi connectivity index (χ3n) is 5.98. The lowest BCUT2D eigenvalue weighted by Gasteiger charge is -2.33. The predicted octanol–water partition coefficient (Wildman–Crippen LogP) is 5.12. The number of alkyl halides is 3. The molecule has 0 N–H and O–H groups in total. The van der Waals surface area contributed by atoms with Gasteiger partial charge in [-0.3, -0.25) is 19.8 Å². The van der Waals surface area contributed by atoms with Gasteiger partial charge in [-0.05, 0) is 43.2 Å². The van der Waals surface area contributed by atoms with E-state index >= 15 is 0 Å². The summed E-state index contributed by atoms with van der Waals surface area (Å²) in [4.78, 5) is 26.8. The van der Waals surface area contributed by atoms with Crippen molar-refractivity contribution in [1.29, 1.82) is 5.26 Å². The Morgan fingerprint density at radius 3 is 2.22 bits per heavy atom. The highest BCUT2D eigenvalue weighted by atomic mass is 19.4. The summed E-state index contributed by atoms with van der Waals surface area (Å²) in [6, 6.07) is 10.3. The fourth-order valence-corrected chi connectivity index (χ4v) is 4.55. The molecule has 4 rings (SSSR count). The van der Waals surface area contributed by atoms with Crippen LogP contribution in [0.25, 0.3) is 0 Å². The SMILES string of the molecule is C=C1N(c2ccc(C#N)c(C(F)(F)F)c2)C(=O)C2(CCCC2)N1c1ccc([N+](=O)[O-])cc1. The van der Waals surface area contributed by atoms with E-state index in [-0.39, 0.29) is 17.2 Å². The molecule has 1 spiro atoms. The normalized spacial score (nSPS) is 17.8. The molecule has 0 radical (unpaired) electrons. The van der Waals surface area contributed by atoms with Crippen LogP contribution in [-0.4, -0.2) is 16.4 Å². The van der Waals surface area contributed by atoms with E-state index in [9.17, 15) is 28.1 Å². The number of rotatable bonds is 3. The van der Waals surface area contributed by atoms with Crippen molar-refractivity contribution in [3.63, 3.8) is 0 Å². The first-order chi connectivity index (χ1) is 15.1. The summed E-state index contributed by atoms with van der Waals surface area (Å²) < 4.78 is 40.5. The van der Waals surface area contributed by atoms with E-state index in [0.29, 0.717) is 18.5 Å². The summed E-state index contributed by atoms with van der Waals surface area (Å²) in [5.41, 5.74) is -2.37. The molecule has 10 heteroatoms. The van der Waals surface area contributed by atoms with Gasteiger partial charge >= 0.3 is 6.18 Å². The lowest BCUT2D eigenvalue weighted by Crippen LogP contribution is -2.46. The second kappa shape index (κ2) is 7.37. The first kappa shape index (κ1) is 21.4. The van der Waals surface area contributed by atoms with Crippen molar-refractivity contribution in [3.8, 4) is 6.07 Å². The maximum Gasteiger partial charge on any atom is 0.417 e. The topological polar surface area (TPSA) is 90.5 Å². The molecule has 2 aromatic carbocycles. The van der Waals surface area contributed by atoms with Crippen LogP contribution < -0.4 is 9.80 Å². The van der Waals surface area contributed by atoms with Crippen LogP contribution in [0.5, 0.6) is 0 Å². The van der Waals surface area contributed by atoms with Crippen LogP contribution in [0.2, 0.25) is 0 Å². The van der Waals surface area contributed by atoms with Crippen LogP contribution in [0, 0.1) is 21.4 Å². The van der Waals surface area contributed by atoms with Gasteiger partial charge in [0.05, 0.1) is 27.8 Å². The van der Waals surface area contributed by atoms with Gasteiger partial charge < -0.3 is 4.90 Å². The van der Waals surface area contributed by atoms with Crippen molar-refractivity contribution in [3.05, 3.63) is 76.1 Å². The summed E-state index contributed by atoms with van der Waals surface area (Å²) in [5, 5.41) is 20.1. The Kier molecular flexibility index (Phi) is 4.92. The second-order valence-corrected chi connectivity index (χ2v) is 7.74. The van der Waals surface area contributed by atoms with E-state index in [1.807, 2.05) is 0 Å². The van der Waals surface area contributed by atoms with Gasteiger partial charge in [0.1, 0.15) is 11.4 Å². The minimum Gasteiger partial charge on any atom is -0.313 e. The van der Waals surface area contributed by atoms with Crippen molar-refractivity contribution >= 4 is 23.0 Å². The Bertz CT molecular complexity index is 1160. The highest BCUT2D eigenvalue weighted by Crippen LogP contribution is 2.49. The van der Waals surface area contributed by atoms with Crippen LogP contribution in [-0.2, 0) is 11.0 Å². The van der Waals surface area contributed by atoms with Crippen LogP contribution in [0.3, 0.4) is 0 Å².